The monoisotopic (exact) mass is 267 g/mol. The molecule has 0 N–H and O–H groups in total. The van der Waals surface area contributed by atoms with Gasteiger partial charge in [-0.3, -0.25) is 4.79 Å². The van der Waals surface area contributed by atoms with Crippen molar-refractivity contribution in [2.24, 2.45) is 0 Å². The molecule has 1 aromatic rings. The van der Waals surface area contributed by atoms with E-state index in [4.69, 9.17) is 11.6 Å². The fourth-order valence-corrected chi connectivity index (χ4v) is 2.13. The molecule has 18 heavy (non-hydrogen) atoms. The van der Waals surface area contributed by atoms with Crippen molar-refractivity contribution in [2.75, 3.05) is 17.3 Å². The van der Waals surface area contributed by atoms with Crippen molar-refractivity contribution < 1.29 is 9.59 Å². The molecule has 0 aromatic heterocycles. The first-order valence-corrected chi connectivity index (χ1v) is 6.57. The minimum Gasteiger partial charge on any atom is -0.304 e. The van der Waals surface area contributed by atoms with Crippen molar-refractivity contribution in [1.29, 1.82) is 0 Å². The molecule has 0 unspecified atom stereocenters. The van der Waals surface area contributed by atoms with Crippen LogP contribution in [0.1, 0.15) is 24.5 Å². The molecule has 0 aliphatic heterocycles. The van der Waals surface area contributed by atoms with Gasteiger partial charge in [0.2, 0.25) is 5.91 Å². The summed E-state index contributed by atoms with van der Waals surface area (Å²) in [5.41, 5.74) is 3.02. The quantitative estimate of drug-likeness (QED) is 0.587. The molecule has 1 aromatic carbocycles. The second-order valence-corrected chi connectivity index (χ2v) is 4.38. The van der Waals surface area contributed by atoms with Gasteiger partial charge in [0.05, 0.1) is 6.54 Å². The molecule has 0 fully saturated rings. The highest BCUT2D eigenvalue weighted by atomic mass is 35.5. The Morgan fingerprint density at radius 2 is 2.17 bits per heavy atom. The number of alkyl halides is 1. The number of carbonyl (C=O) groups is 2. The van der Waals surface area contributed by atoms with Crippen LogP contribution in [0.5, 0.6) is 0 Å². The molecule has 1 rings (SSSR count). The lowest BCUT2D eigenvalue weighted by atomic mass is 10.0. The number of aryl methyl sites for hydroxylation is 1. The topological polar surface area (TPSA) is 37.4 Å². The molecule has 0 aliphatic carbocycles. The average molecular weight is 268 g/mol. The summed E-state index contributed by atoms with van der Waals surface area (Å²) in [6, 6.07) is 5.81. The Balaban J connectivity index is 3.15. The van der Waals surface area contributed by atoms with Gasteiger partial charge in [0.25, 0.3) is 0 Å². The third-order valence-electron chi connectivity index (χ3n) is 2.90. The Kier molecular flexibility index (Phi) is 5.86. The van der Waals surface area contributed by atoms with Gasteiger partial charge in [0.15, 0.2) is 0 Å². The van der Waals surface area contributed by atoms with Crippen LogP contribution in [0.2, 0.25) is 0 Å². The molecule has 0 saturated carbocycles. The highest BCUT2D eigenvalue weighted by Crippen LogP contribution is 2.24. The molecule has 4 heteroatoms. The molecule has 0 heterocycles. The highest BCUT2D eigenvalue weighted by Gasteiger charge is 2.17. The molecule has 3 nitrogen and oxygen atoms in total. The lowest BCUT2D eigenvalue weighted by Crippen LogP contribution is -2.34. The molecule has 0 saturated heterocycles. The normalized spacial score (nSPS) is 10.2. The predicted molar refractivity (Wildman–Crippen MR) is 74.3 cm³/mol. The summed E-state index contributed by atoms with van der Waals surface area (Å²) >= 11 is 5.58. The van der Waals surface area contributed by atoms with Crippen molar-refractivity contribution >= 4 is 29.5 Å². The molecular formula is C14H18ClNO2. The standard InChI is InChI=1S/C14H18ClNO2/c1-3-5-12-6-4-7-13(11(12)2)16(8-9-17)14(18)10-15/h4,6-7,9H,3,5,8,10H2,1-2H3. The van der Waals surface area contributed by atoms with Crippen molar-refractivity contribution in [3.63, 3.8) is 0 Å². The Morgan fingerprint density at radius 1 is 1.44 bits per heavy atom. The van der Waals surface area contributed by atoms with Crippen LogP contribution in [-0.4, -0.2) is 24.6 Å². The number of nitrogens with zero attached hydrogens (tertiary/aromatic N) is 1. The largest absolute Gasteiger partial charge is 0.304 e. The number of halogens is 1. The molecule has 0 radical (unpaired) electrons. The predicted octanol–water partition coefficient (Wildman–Crippen LogP) is 2.72. The number of aldehydes is 1. The molecule has 1 amide bonds. The fourth-order valence-electron chi connectivity index (χ4n) is 1.98. The first-order valence-electron chi connectivity index (χ1n) is 6.04. The molecule has 0 spiro atoms. The summed E-state index contributed by atoms with van der Waals surface area (Å²) in [4.78, 5) is 23.9. The first-order chi connectivity index (χ1) is 8.65. The number of amides is 1. The zero-order valence-electron chi connectivity index (χ0n) is 10.8. The summed E-state index contributed by atoms with van der Waals surface area (Å²) in [5.74, 6) is -0.369. The van der Waals surface area contributed by atoms with Crippen molar-refractivity contribution in [3.8, 4) is 0 Å². The summed E-state index contributed by atoms with van der Waals surface area (Å²) in [5, 5.41) is 0. The average Bonchev–Trinajstić information content (AvgIpc) is 2.38. The van der Waals surface area contributed by atoms with Crippen LogP contribution < -0.4 is 4.90 Å². The minimum atomic E-state index is -0.250. The zero-order valence-corrected chi connectivity index (χ0v) is 11.5. The van der Waals surface area contributed by atoms with E-state index in [0.29, 0.717) is 0 Å². The molecule has 0 bridgehead atoms. The van der Waals surface area contributed by atoms with Gasteiger partial charge in [-0.05, 0) is 30.5 Å². The van der Waals surface area contributed by atoms with Crippen LogP contribution in [0.25, 0.3) is 0 Å². The van der Waals surface area contributed by atoms with Crippen LogP contribution >= 0.6 is 11.6 Å². The van der Waals surface area contributed by atoms with Gasteiger partial charge in [-0.1, -0.05) is 25.5 Å². The summed E-state index contributed by atoms with van der Waals surface area (Å²) in [7, 11) is 0. The molecular weight excluding hydrogens is 250 g/mol. The van der Waals surface area contributed by atoms with Crippen LogP contribution in [0, 0.1) is 6.92 Å². The van der Waals surface area contributed by atoms with E-state index in [1.54, 1.807) is 0 Å². The molecule has 0 atom stereocenters. The Labute approximate surface area is 113 Å². The van der Waals surface area contributed by atoms with E-state index in [2.05, 4.69) is 6.92 Å². The maximum absolute atomic E-state index is 11.8. The summed E-state index contributed by atoms with van der Waals surface area (Å²) in [6.45, 7) is 4.13. The van der Waals surface area contributed by atoms with Crippen LogP contribution in [0.15, 0.2) is 18.2 Å². The van der Waals surface area contributed by atoms with Crippen LogP contribution in [0.3, 0.4) is 0 Å². The summed E-state index contributed by atoms with van der Waals surface area (Å²) in [6.07, 6.45) is 2.72. The SMILES string of the molecule is CCCc1cccc(N(CC=O)C(=O)CCl)c1C. The number of anilines is 1. The third-order valence-corrected chi connectivity index (χ3v) is 3.13. The van der Waals surface area contributed by atoms with Gasteiger partial charge < -0.3 is 9.69 Å². The minimum absolute atomic E-state index is 0.0436. The summed E-state index contributed by atoms with van der Waals surface area (Å²) < 4.78 is 0. The number of hydrogen-bond donors (Lipinski definition) is 0. The first kappa shape index (κ1) is 14.7. The van der Waals surface area contributed by atoms with Gasteiger partial charge in [0.1, 0.15) is 12.2 Å². The Morgan fingerprint density at radius 3 is 2.72 bits per heavy atom. The van der Waals surface area contributed by atoms with Crippen LogP contribution in [0.4, 0.5) is 5.69 Å². The van der Waals surface area contributed by atoms with E-state index < -0.39 is 0 Å². The highest BCUT2D eigenvalue weighted by molar-refractivity contribution is 6.29. The van der Waals surface area contributed by atoms with Gasteiger partial charge >= 0.3 is 0 Å². The van der Waals surface area contributed by atoms with E-state index in [0.717, 1.165) is 30.4 Å². The van der Waals surface area contributed by atoms with E-state index in [9.17, 15) is 9.59 Å². The fraction of sp³-hybridized carbons (Fsp3) is 0.429. The van der Waals surface area contributed by atoms with Crippen molar-refractivity contribution in [2.45, 2.75) is 26.7 Å². The van der Waals surface area contributed by atoms with Crippen molar-refractivity contribution in [1.82, 2.24) is 0 Å². The van der Waals surface area contributed by atoms with Gasteiger partial charge in [-0.2, -0.15) is 0 Å². The number of hydrogen-bond acceptors (Lipinski definition) is 2. The number of carbonyl (C=O) groups excluding carboxylic acids is 2. The maximum atomic E-state index is 11.8. The van der Waals surface area contributed by atoms with Crippen LogP contribution in [-0.2, 0) is 16.0 Å². The lowest BCUT2D eigenvalue weighted by Gasteiger charge is -2.22. The van der Waals surface area contributed by atoms with E-state index in [-0.39, 0.29) is 18.3 Å². The molecule has 98 valence electrons. The van der Waals surface area contributed by atoms with E-state index in [1.165, 1.54) is 10.5 Å². The lowest BCUT2D eigenvalue weighted by molar-refractivity contribution is -0.117. The van der Waals surface area contributed by atoms with Crippen molar-refractivity contribution in [3.05, 3.63) is 29.3 Å². The smallest absolute Gasteiger partial charge is 0.242 e. The number of benzene rings is 1. The maximum Gasteiger partial charge on any atom is 0.242 e. The Bertz CT molecular complexity index is 432. The number of rotatable bonds is 6. The Hall–Kier alpha value is -1.35. The second-order valence-electron chi connectivity index (χ2n) is 4.12. The van der Waals surface area contributed by atoms with E-state index in [1.807, 2.05) is 25.1 Å². The zero-order chi connectivity index (χ0) is 13.5. The van der Waals surface area contributed by atoms with E-state index >= 15 is 0 Å². The third kappa shape index (κ3) is 3.33. The molecule has 0 aliphatic rings. The van der Waals surface area contributed by atoms with Gasteiger partial charge in [0, 0.05) is 5.69 Å². The second kappa shape index (κ2) is 7.17. The van der Waals surface area contributed by atoms with Gasteiger partial charge in [-0.15, -0.1) is 11.6 Å². The van der Waals surface area contributed by atoms with Gasteiger partial charge in [-0.25, -0.2) is 0 Å².